The lowest BCUT2D eigenvalue weighted by atomic mass is 10.2. The summed E-state index contributed by atoms with van der Waals surface area (Å²) in [5.74, 6) is -1.40. The smallest absolute Gasteiger partial charge is 0.325 e. The summed E-state index contributed by atoms with van der Waals surface area (Å²) in [4.78, 5) is 24.5. The molecule has 1 atom stereocenters. The van der Waals surface area contributed by atoms with Crippen molar-refractivity contribution in [3.63, 3.8) is 0 Å². The highest BCUT2D eigenvalue weighted by Crippen LogP contribution is 2.30. The first kappa shape index (κ1) is 20.6. The zero-order chi connectivity index (χ0) is 17.9. The van der Waals surface area contributed by atoms with Crippen LogP contribution in [-0.4, -0.2) is 11.9 Å². The van der Waals surface area contributed by atoms with E-state index >= 15 is 0 Å². The standard InChI is InChI=1S/C16H10I4O4/c1-8(15(21)23-13-5-3-2-4-10(13)18)16(22)24-14-11(19)6-9(17)7-12(14)20/h2-8H,1H3. The summed E-state index contributed by atoms with van der Waals surface area (Å²) in [6.45, 7) is 1.48. The van der Waals surface area contributed by atoms with Gasteiger partial charge in [-0.05, 0) is 122 Å². The molecule has 1 unspecified atom stereocenters. The van der Waals surface area contributed by atoms with Crippen molar-refractivity contribution < 1.29 is 19.1 Å². The number of hydrogen-bond donors (Lipinski definition) is 0. The molecule has 2 aromatic carbocycles. The average molecular weight is 774 g/mol. The van der Waals surface area contributed by atoms with E-state index in [4.69, 9.17) is 9.47 Å². The SMILES string of the molecule is CC(C(=O)Oc1ccccc1I)C(=O)Oc1c(I)cc(I)cc1I. The number of carbonyl (C=O) groups excluding carboxylic acids is 2. The van der Waals surface area contributed by atoms with Gasteiger partial charge in [0.05, 0.1) is 10.7 Å². The first-order valence-electron chi connectivity index (χ1n) is 6.62. The van der Waals surface area contributed by atoms with Gasteiger partial charge in [0.1, 0.15) is 5.75 Å². The number of benzene rings is 2. The molecule has 4 nitrogen and oxygen atoms in total. The van der Waals surface area contributed by atoms with E-state index in [0.29, 0.717) is 11.5 Å². The fourth-order valence-electron chi connectivity index (χ4n) is 1.64. The molecule has 126 valence electrons. The van der Waals surface area contributed by atoms with Crippen molar-refractivity contribution in [2.24, 2.45) is 5.92 Å². The van der Waals surface area contributed by atoms with Gasteiger partial charge in [-0.2, -0.15) is 0 Å². The van der Waals surface area contributed by atoms with Crippen LogP contribution in [0.5, 0.6) is 11.5 Å². The maximum Gasteiger partial charge on any atom is 0.325 e. The first-order valence-corrected chi connectivity index (χ1v) is 10.9. The van der Waals surface area contributed by atoms with Crippen LogP contribution in [0.1, 0.15) is 6.92 Å². The summed E-state index contributed by atoms with van der Waals surface area (Å²) in [5.41, 5.74) is 0. The van der Waals surface area contributed by atoms with Crippen molar-refractivity contribution in [2.45, 2.75) is 6.92 Å². The molecule has 0 aromatic heterocycles. The molecule has 0 saturated heterocycles. The molecule has 0 amide bonds. The number of halogens is 4. The zero-order valence-corrected chi connectivity index (χ0v) is 20.8. The highest BCUT2D eigenvalue weighted by atomic mass is 127. The van der Waals surface area contributed by atoms with Crippen molar-refractivity contribution in [3.05, 3.63) is 50.7 Å². The maximum atomic E-state index is 12.3. The second-order valence-corrected chi connectivity index (χ2v) is 9.43. The zero-order valence-electron chi connectivity index (χ0n) is 12.2. The molecule has 0 heterocycles. The van der Waals surface area contributed by atoms with E-state index in [1.54, 1.807) is 12.1 Å². The Morgan fingerprint density at radius 1 is 0.875 bits per heavy atom. The van der Waals surface area contributed by atoms with E-state index in [-0.39, 0.29) is 0 Å². The fraction of sp³-hybridized carbons (Fsp3) is 0.125. The predicted octanol–water partition coefficient (Wildman–Crippen LogP) is 5.25. The molecule has 0 spiro atoms. The molecule has 24 heavy (non-hydrogen) atoms. The Hall–Kier alpha value is 0.300. The number of esters is 2. The lowest BCUT2D eigenvalue weighted by Gasteiger charge is -2.14. The first-order chi connectivity index (χ1) is 11.3. The van der Waals surface area contributed by atoms with Gasteiger partial charge in [-0.3, -0.25) is 9.59 Å². The van der Waals surface area contributed by atoms with E-state index in [1.807, 2.05) is 24.3 Å². The Morgan fingerprint density at radius 2 is 1.42 bits per heavy atom. The van der Waals surface area contributed by atoms with Crippen LogP contribution in [0.15, 0.2) is 36.4 Å². The second kappa shape index (κ2) is 9.30. The van der Waals surface area contributed by atoms with Gasteiger partial charge in [-0.1, -0.05) is 12.1 Å². The van der Waals surface area contributed by atoms with Crippen molar-refractivity contribution in [2.75, 3.05) is 0 Å². The van der Waals surface area contributed by atoms with Crippen molar-refractivity contribution in [1.29, 1.82) is 0 Å². The van der Waals surface area contributed by atoms with Gasteiger partial charge in [-0.15, -0.1) is 0 Å². The summed E-state index contributed by atoms with van der Waals surface area (Å²) < 4.78 is 14.2. The van der Waals surface area contributed by atoms with Crippen LogP contribution < -0.4 is 9.47 Å². The topological polar surface area (TPSA) is 52.6 Å². The Bertz CT molecular complexity index is 768. The largest absolute Gasteiger partial charge is 0.425 e. The number of para-hydroxylation sites is 1. The molecule has 0 N–H and O–H groups in total. The molecule has 0 aliphatic heterocycles. The molecule has 8 heteroatoms. The molecule has 2 rings (SSSR count). The van der Waals surface area contributed by atoms with Crippen LogP contribution in [0.3, 0.4) is 0 Å². The highest BCUT2D eigenvalue weighted by Gasteiger charge is 2.27. The van der Waals surface area contributed by atoms with E-state index in [2.05, 4.69) is 90.4 Å². The summed E-state index contributed by atoms with van der Waals surface area (Å²) in [6, 6.07) is 10.9. The lowest BCUT2D eigenvalue weighted by Crippen LogP contribution is -2.29. The average Bonchev–Trinajstić information content (AvgIpc) is 2.52. The van der Waals surface area contributed by atoms with Gasteiger partial charge in [0.25, 0.3) is 0 Å². The number of hydrogen-bond acceptors (Lipinski definition) is 4. The van der Waals surface area contributed by atoms with E-state index in [1.165, 1.54) is 6.92 Å². The molecular formula is C16H10I4O4. The molecule has 0 aliphatic rings. The van der Waals surface area contributed by atoms with Crippen LogP contribution in [0, 0.1) is 20.2 Å². The third-order valence-electron chi connectivity index (χ3n) is 2.92. The minimum atomic E-state index is -1.02. The van der Waals surface area contributed by atoms with Crippen LogP contribution in [0.2, 0.25) is 0 Å². The van der Waals surface area contributed by atoms with Crippen molar-refractivity contribution >= 4 is 102 Å². The normalized spacial score (nSPS) is 11.7. The van der Waals surface area contributed by atoms with Gasteiger partial charge in [0.2, 0.25) is 0 Å². The van der Waals surface area contributed by atoms with E-state index in [0.717, 1.165) is 14.3 Å². The second-order valence-electron chi connectivity index (χ2n) is 4.69. The predicted molar refractivity (Wildman–Crippen MR) is 124 cm³/mol. The van der Waals surface area contributed by atoms with Gasteiger partial charge in [-0.25, -0.2) is 0 Å². The van der Waals surface area contributed by atoms with Crippen LogP contribution >= 0.6 is 90.4 Å². The van der Waals surface area contributed by atoms with E-state index in [9.17, 15) is 9.59 Å². The van der Waals surface area contributed by atoms with Gasteiger partial charge < -0.3 is 9.47 Å². The van der Waals surface area contributed by atoms with Gasteiger partial charge >= 0.3 is 11.9 Å². The minimum Gasteiger partial charge on any atom is -0.425 e. The van der Waals surface area contributed by atoms with Crippen LogP contribution in [-0.2, 0) is 9.59 Å². The Balaban J connectivity index is 2.10. The van der Waals surface area contributed by atoms with E-state index < -0.39 is 17.9 Å². The Morgan fingerprint density at radius 3 is 2.00 bits per heavy atom. The number of ether oxygens (including phenoxy) is 2. The Labute approximate surface area is 194 Å². The summed E-state index contributed by atoms with van der Waals surface area (Å²) >= 11 is 8.47. The number of rotatable bonds is 4. The quantitative estimate of drug-likeness (QED) is 0.185. The monoisotopic (exact) mass is 774 g/mol. The van der Waals surface area contributed by atoms with Gasteiger partial charge in [0, 0.05) is 3.57 Å². The van der Waals surface area contributed by atoms with Crippen LogP contribution in [0.4, 0.5) is 0 Å². The van der Waals surface area contributed by atoms with Crippen molar-refractivity contribution in [1.82, 2.24) is 0 Å². The summed E-state index contributed by atoms with van der Waals surface area (Å²) in [5, 5.41) is 0. The molecular weight excluding hydrogens is 764 g/mol. The lowest BCUT2D eigenvalue weighted by molar-refractivity contribution is -0.150. The molecule has 0 saturated carbocycles. The highest BCUT2D eigenvalue weighted by molar-refractivity contribution is 14.1. The van der Waals surface area contributed by atoms with Crippen LogP contribution in [0.25, 0.3) is 0 Å². The van der Waals surface area contributed by atoms with Crippen molar-refractivity contribution in [3.8, 4) is 11.5 Å². The fourth-order valence-corrected chi connectivity index (χ4v) is 5.94. The summed E-state index contributed by atoms with van der Waals surface area (Å²) in [7, 11) is 0. The molecule has 0 fully saturated rings. The third kappa shape index (κ3) is 5.40. The van der Waals surface area contributed by atoms with Gasteiger partial charge in [0.15, 0.2) is 11.7 Å². The third-order valence-corrected chi connectivity index (χ3v) is 6.04. The minimum absolute atomic E-state index is 0.432. The number of carbonyl (C=O) groups is 2. The molecule has 2 aromatic rings. The summed E-state index contributed by atoms with van der Waals surface area (Å²) in [6.07, 6.45) is 0. The maximum absolute atomic E-state index is 12.3. The Kier molecular flexibility index (Phi) is 7.99. The molecule has 0 radical (unpaired) electrons. The molecule has 0 bridgehead atoms. The molecule has 0 aliphatic carbocycles.